The average Bonchev–Trinajstić information content (AvgIpc) is 2.73. The molecule has 7 heteroatoms. The van der Waals surface area contributed by atoms with Crippen LogP contribution in [0.5, 0.6) is 5.75 Å². The first-order valence-corrected chi connectivity index (χ1v) is 6.19. The quantitative estimate of drug-likeness (QED) is 0.928. The second-order valence-electron chi connectivity index (χ2n) is 3.84. The van der Waals surface area contributed by atoms with Gasteiger partial charge in [-0.05, 0) is 30.3 Å². The molecule has 0 aliphatic carbocycles. The van der Waals surface area contributed by atoms with Crippen molar-refractivity contribution < 1.29 is 9.84 Å². The molecule has 0 fully saturated rings. The van der Waals surface area contributed by atoms with Crippen LogP contribution in [-0.2, 0) is 13.7 Å². The summed E-state index contributed by atoms with van der Waals surface area (Å²) in [4.78, 5) is 1.37. The number of aromatic nitrogens is 4. The molecule has 0 radical (unpaired) electrons. The summed E-state index contributed by atoms with van der Waals surface area (Å²) in [5.41, 5.74) is 0.716. The van der Waals surface area contributed by atoms with E-state index in [4.69, 9.17) is 4.74 Å². The average molecular weight is 313 g/mol. The van der Waals surface area contributed by atoms with Gasteiger partial charge in [0.15, 0.2) is 6.61 Å². The van der Waals surface area contributed by atoms with E-state index >= 15 is 0 Å². The fourth-order valence-electron chi connectivity index (χ4n) is 1.50. The Morgan fingerprint density at radius 3 is 2.89 bits per heavy atom. The molecule has 1 aromatic heterocycles. The normalized spacial score (nSPS) is 12.4. The number of halogens is 1. The van der Waals surface area contributed by atoms with E-state index in [9.17, 15) is 5.11 Å². The van der Waals surface area contributed by atoms with Gasteiger partial charge in [-0.2, -0.15) is 4.80 Å². The Morgan fingerprint density at radius 2 is 2.28 bits per heavy atom. The first-order valence-electron chi connectivity index (χ1n) is 5.39. The molecule has 1 aromatic carbocycles. The minimum atomic E-state index is -0.604. The minimum absolute atomic E-state index is 0.217. The number of aliphatic hydroxyl groups is 1. The summed E-state index contributed by atoms with van der Waals surface area (Å²) in [6.45, 7) is 1.91. The van der Waals surface area contributed by atoms with Crippen molar-refractivity contribution in [2.75, 3.05) is 0 Å². The Kier molecular flexibility index (Phi) is 3.93. The zero-order valence-electron chi connectivity index (χ0n) is 10.0. The van der Waals surface area contributed by atoms with Crippen LogP contribution in [0.15, 0.2) is 22.7 Å². The molecule has 1 N–H and O–H groups in total. The maximum atomic E-state index is 9.68. The van der Waals surface area contributed by atoms with E-state index < -0.39 is 6.10 Å². The van der Waals surface area contributed by atoms with Gasteiger partial charge in [-0.1, -0.05) is 15.9 Å². The third-order valence-electron chi connectivity index (χ3n) is 2.33. The van der Waals surface area contributed by atoms with Crippen LogP contribution < -0.4 is 4.74 Å². The molecule has 0 spiro atoms. The highest BCUT2D eigenvalue weighted by atomic mass is 79.9. The molecule has 0 saturated heterocycles. The van der Waals surface area contributed by atoms with Crippen molar-refractivity contribution in [3.05, 3.63) is 34.1 Å². The predicted octanol–water partition coefficient (Wildman–Crippen LogP) is 1.60. The lowest BCUT2D eigenvalue weighted by Crippen LogP contribution is -2.03. The summed E-state index contributed by atoms with van der Waals surface area (Å²) in [5.74, 6) is 1.11. The number of hydrogen-bond acceptors (Lipinski definition) is 5. The highest BCUT2D eigenvalue weighted by Crippen LogP contribution is 2.28. The SMILES string of the molecule is C[C@H](O)c1cc(Br)ccc1OCc1nnn(C)n1. The first-order chi connectivity index (χ1) is 8.56. The van der Waals surface area contributed by atoms with Gasteiger partial charge in [0.25, 0.3) is 0 Å². The van der Waals surface area contributed by atoms with Crippen molar-refractivity contribution in [3.63, 3.8) is 0 Å². The van der Waals surface area contributed by atoms with E-state index in [1.165, 1.54) is 4.80 Å². The van der Waals surface area contributed by atoms with Crippen LogP contribution in [0.3, 0.4) is 0 Å². The lowest BCUT2D eigenvalue weighted by Gasteiger charge is -2.12. The molecule has 2 aromatic rings. The van der Waals surface area contributed by atoms with E-state index in [1.807, 2.05) is 12.1 Å². The highest BCUT2D eigenvalue weighted by Gasteiger charge is 2.11. The van der Waals surface area contributed by atoms with Gasteiger partial charge in [0.05, 0.1) is 13.2 Å². The molecule has 18 heavy (non-hydrogen) atoms. The Bertz CT molecular complexity index is 542. The van der Waals surface area contributed by atoms with Gasteiger partial charge >= 0.3 is 0 Å². The molecule has 96 valence electrons. The topological polar surface area (TPSA) is 73.1 Å². The van der Waals surface area contributed by atoms with Crippen molar-refractivity contribution in [3.8, 4) is 5.75 Å². The molecule has 0 aliphatic rings. The van der Waals surface area contributed by atoms with Gasteiger partial charge in [0, 0.05) is 10.0 Å². The van der Waals surface area contributed by atoms with Crippen LogP contribution in [0.1, 0.15) is 24.4 Å². The van der Waals surface area contributed by atoms with Crippen LogP contribution in [0, 0.1) is 0 Å². The summed E-state index contributed by atoms with van der Waals surface area (Å²) in [5, 5.41) is 21.2. The third-order valence-corrected chi connectivity index (χ3v) is 2.82. The maximum absolute atomic E-state index is 9.68. The Hall–Kier alpha value is -1.47. The second kappa shape index (κ2) is 5.45. The van der Waals surface area contributed by atoms with Crippen molar-refractivity contribution in [2.24, 2.45) is 7.05 Å². The number of hydrogen-bond donors (Lipinski definition) is 1. The molecule has 0 bridgehead atoms. The molecular weight excluding hydrogens is 300 g/mol. The van der Waals surface area contributed by atoms with Gasteiger partial charge in [-0.25, -0.2) is 0 Å². The van der Waals surface area contributed by atoms with Crippen LogP contribution in [-0.4, -0.2) is 25.3 Å². The van der Waals surface area contributed by atoms with Gasteiger partial charge in [0.1, 0.15) is 5.75 Å². The van der Waals surface area contributed by atoms with Crippen LogP contribution in [0.25, 0.3) is 0 Å². The first kappa shape index (κ1) is 13.0. The number of nitrogens with zero attached hydrogens (tertiary/aromatic N) is 4. The smallest absolute Gasteiger partial charge is 0.212 e. The molecule has 0 aliphatic heterocycles. The zero-order valence-corrected chi connectivity index (χ0v) is 11.6. The summed E-state index contributed by atoms with van der Waals surface area (Å²) in [7, 11) is 1.69. The third kappa shape index (κ3) is 3.05. The van der Waals surface area contributed by atoms with E-state index in [2.05, 4.69) is 31.3 Å². The number of ether oxygens (including phenoxy) is 1. The monoisotopic (exact) mass is 312 g/mol. The molecule has 1 heterocycles. The Labute approximate surface area is 113 Å². The van der Waals surface area contributed by atoms with Gasteiger partial charge < -0.3 is 9.84 Å². The molecular formula is C11H13BrN4O2. The zero-order chi connectivity index (χ0) is 13.1. The van der Waals surface area contributed by atoms with Crippen molar-refractivity contribution >= 4 is 15.9 Å². The molecule has 2 rings (SSSR count). The summed E-state index contributed by atoms with van der Waals surface area (Å²) in [6.07, 6.45) is -0.604. The van der Waals surface area contributed by atoms with Crippen molar-refractivity contribution in [1.29, 1.82) is 0 Å². The molecule has 1 atom stereocenters. The number of tetrazole rings is 1. The lowest BCUT2D eigenvalue weighted by atomic mass is 10.1. The molecule has 0 amide bonds. The van der Waals surface area contributed by atoms with E-state index in [1.54, 1.807) is 20.0 Å². The Morgan fingerprint density at radius 1 is 1.50 bits per heavy atom. The van der Waals surface area contributed by atoms with Gasteiger partial charge in [-0.15, -0.1) is 10.2 Å². The number of aliphatic hydroxyl groups excluding tert-OH is 1. The molecule has 0 unspecified atom stereocenters. The number of aryl methyl sites for hydroxylation is 1. The fraction of sp³-hybridized carbons (Fsp3) is 0.364. The largest absolute Gasteiger partial charge is 0.485 e. The molecule has 6 nitrogen and oxygen atoms in total. The van der Waals surface area contributed by atoms with E-state index in [-0.39, 0.29) is 6.61 Å². The van der Waals surface area contributed by atoms with Crippen molar-refractivity contribution in [2.45, 2.75) is 19.6 Å². The lowest BCUT2D eigenvalue weighted by molar-refractivity contribution is 0.189. The van der Waals surface area contributed by atoms with Crippen molar-refractivity contribution in [1.82, 2.24) is 20.2 Å². The highest BCUT2D eigenvalue weighted by molar-refractivity contribution is 9.10. The van der Waals surface area contributed by atoms with Gasteiger partial charge in [0.2, 0.25) is 5.82 Å². The fourth-order valence-corrected chi connectivity index (χ4v) is 1.88. The van der Waals surface area contributed by atoms with E-state index in [0.29, 0.717) is 17.1 Å². The number of benzene rings is 1. The van der Waals surface area contributed by atoms with Crippen LogP contribution >= 0.6 is 15.9 Å². The maximum Gasteiger partial charge on any atom is 0.212 e. The standard InChI is InChI=1S/C11H13BrN4O2/c1-7(17)9-5-8(12)3-4-10(9)18-6-11-13-15-16(2)14-11/h3-5,7,17H,6H2,1-2H3/t7-/m0/s1. The van der Waals surface area contributed by atoms with E-state index in [0.717, 1.165) is 4.47 Å². The molecule has 0 saturated carbocycles. The minimum Gasteiger partial charge on any atom is -0.485 e. The second-order valence-corrected chi connectivity index (χ2v) is 4.76. The van der Waals surface area contributed by atoms with Crippen LogP contribution in [0.2, 0.25) is 0 Å². The summed E-state index contributed by atoms with van der Waals surface area (Å²) in [6, 6.07) is 5.47. The predicted molar refractivity (Wildman–Crippen MR) is 67.9 cm³/mol. The summed E-state index contributed by atoms with van der Waals surface area (Å²) >= 11 is 3.36. The Balaban J connectivity index is 2.13. The summed E-state index contributed by atoms with van der Waals surface area (Å²) < 4.78 is 6.49. The van der Waals surface area contributed by atoms with Gasteiger partial charge in [-0.3, -0.25) is 0 Å². The van der Waals surface area contributed by atoms with Crippen LogP contribution in [0.4, 0.5) is 0 Å². The number of rotatable bonds is 4.